The van der Waals surface area contributed by atoms with Crippen molar-refractivity contribution < 1.29 is 0 Å². The molecule has 2 nitrogen and oxygen atoms in total. The Labute approximate surface area is 121 Å². The zero-order valence-electron chi connectivity index (χ0n) is 10.8. The lowest BCUT2D eigenvalue weighted by molar-refractivity contribution is 0.636. The van der Waals surface area contributed by atoms with Crippen LogP contribution in [0.15, 0.2) is 46.8 Å². The average molecular weight is 286 g/mol. The molecule has 0 unspecified atom stereocenters. The fourth-order valence-electron chi connectivity index (χ4n) is 1.86. The first-order valence-electron chi connectivity index (χ1n) is 6.02. The Morgan fingerprint density at radius 1 is 1.11 bits per heavy atom. The predicted octanol–water partition coefficient (Wildman–Crippen LogP) is 4.54. The molecule has 0 aliphatic carbocycles. The lowest BCUT2D eigenvalue weighted by Crippen LogP contribution is -2.19. The molecule has 1 aromatic heterocycles. The molecule has 0 bridgehead atoms. The van der Waals surface area contributed by atoms with Crippen molar-refractivity contribution in [1.29, 1.82) is 0 Å². The second kappa shape index (κ2) is 5.23. The highest BCUT2D eigenvalue weighted by atomic mass is 32.2. The van der Waals surface area contributed by atoms with Crippen molar-refractivity contribution in [1.82, 2.24) is 4.90 Å². The molecule has 0 fully saturated rings. The number of rotatable bonds is 1. The number of thioether (sulfide) groups is 1. The van der Waals surface area contributed by atoms with Crippen LogP contribution in [-0.2, 0) is 0 Å². The van der Waals surface area contributed by atoms with Gasteiger partial charge >= 0.3 is 0 Å². The van der Waals surface area contributed by atoms with E-state index in [4.69, 9.17) is 4.99 Å². The molecule has 19 heavy (non-hydrogen) atoms. The summed E-state index contributed by atoms with van der Waals surface area (Å²) in [7, 11) is 4.06. The first-order chi connectivity index (χ1) is 9.24. The summed E-state index contributed by atoms with van der Waals surface area (Å²) in [6.07, 6.45) is 2.24. The van der Waals surface area contributed by atoms with Crippen molar-refractivity contribution in [3.63, 3.8) is 0 Å². The molecule has 0 amide bonds. The third-order valence-electron chi connectivity index (χ3n) is 2.79. The topological polar surface area (TPSA) is 15.6 Å². The van der Waals surface area contributed by atoms with Gasteiger partial charge in [-0.05, 0) is 23.6 Å². The first-order valence-corrected chi connectivity index (χ1v) is 7.72. The van der Waals surface area contributed by atoms with Gasteiger partial charge in [0.15, 0.2) is 5.17 Å². The minimum absolute atomic E-state index is 1.03. The molecule has 0 radical (unpaired) electrons. The Morgan fingerprint density at radius 3 is 2.68 bits per heavy atom. The van der Waals surface area contributed by atoms with Crippen molar-refractivity contribution in [2.75, 3.05) is 14.1 Å². The van der Waals surface area contributed by atoms with Crippen LogP contribution in [0.2, 0.25) is 0 Å². The largest absolute Gasteiger partial charge is 0.357 e. The average Bonchev–Trinajstić information content (AvgIpc) is 2.91. The summed E-state index contributed by atoms with van der Waals surface area (Å²) >= 11 is 3.48. The maximum Gasteiger partial charge on any atom is 0.168 e. The SMILES string of the molecule is CN(C)C1=Nc2ccccc2C(=Cc2cccs2)S1. The van der Waals surface area contributed by atoms with Gasteiger partial charge in [-0.3, -0.25) is 0 Å². The second-order valence-electron chi connectivity index (χ2n) is 4.43. The van der Waals surface area contributed by atoms with Crippen LogP contribution in [0.4, 0.5) is 5.69 Å². The van der Waals surface area contributed by atoms with E-state index in [9.17, 15) is 0 Å². The van der Waals surface area contributed by atoms with E-state index in [2.05, 4.69) is 46.7 Å². The number of hydrogen-bond acceptors (Lipinski definition) is 4. The lowest BCUT2D eigenvalue weighted by Gasteiger charge is -2.22. The second-order valence-corrected chi connectivity index (χ2v) is 6.42. The maximum atomic E-state index is 4.69. The summed E-state index contributed by atoms with van der Waals surface area (Å²) < 4.78 is 0. The molecular weight excluding hydrogens is 272 g/mol. The maximum absolute atomic E-state index is 4.69. The molecule has 0 saturated carbocycles. The van der Waals surface area contributed by atoms with E-state index in [0.717, 1.165) is 10.9 Å². The molecule has 3 rings (SSSR count). The Balaban J connectivity index is 2.09. The van der Waals surface area contributed by atoms with Gasteiger partial charge in [0.1, 0.15) is 0 Å². The van der Waals surface area contributed by atoms with E-state index in [-0.39, 0.29) is 0 Å². The zero-order chi connectivity index (χ0) is 13.2. The molecule has 2 heterocycles. The van der Waals surface area contributed by atoms with Crippen LogP contribution in [0, 0.1) is 0 Å². The highest BCUT2D eigenvalue weighted by Gasteiger charge is 2.18. The summed E-state index contributed by atoms with van der Waals surface area (Å²) in [5.41, 5.74) is 2.26. The fourth-order valence-corrected chi connectivity index (χ4v) is 3.58. The van der Waals surface area contributed by atoms with Gasteiger partial charge in [0.2, 0.25) is 0 Å². The van der Waals surface area contributed by atoms with Crippen LogP contribution in [0.1, 0.15) is 10.4 Å². The van der Waals surface area contributed by atoms with Crippen molar-refractivity contribution in [2.24, 2.45) is 4.99 Å². The smallest absolute Gasteiger partial charge is 0.168 e. The molecule has 1 aliphatic rings. The van der Waals surface area contributed by atoms with Crippen molar-refractivity contribution in [3.05, 3.63) is 52.2 Å². The van der Waals surface area contributed by atoms with E-state index in [1.54, 1.807) is 23.1 Å². The number of amidine groups is 1. The van der Waals surface area contributed by atoms with Gasteiger partial charge in [-0.25, -0.2) is 4.99 Å². The van der Waals surface area contributed by atoms with E-state index in [1.165, 1.54) is 15.3 Å². The van der Waals surface area contributed by atoms with Crippen LogP contribution in [-0.4, -0.2) is 24.2 Å². The highest BCUT2D eigenvalue weighted by molar-refractivity contribution is 8.21. The number of para-hydroxylation sites is 1. The highest BCUT2D eigenvalue weighted by Crippen LogP contribution is 2.41. The first kappa shape index (κ1) is 12.5. The number of fused-ring (bicyclic) bond motifs is 1. The zero-order valence-corrected chi connectivity index (χ0v) is 12.5. The number of benzene rings is 1. The Bertz CT molecular complexity index is 640. The normalized spacial score (nSPS) is 16.1. The van der Waals surface area contributed by atoms with Crippen molar-refractivity contribution >= 4 is 44.9 Å². The minimum atomic E-state index is 1.03. The summed E-state index contributed by atoms with van der Waals surface area (Å²) in [5, 5.41) is 3.13. The van der Waals surface area contributed by atoms with Gasteiger partial charge in [-0.1, -0.05) is 36.0 Å². The van der Waals surface area contributed by atoms with Gasteiger partial charge in [-0.15, -0.1) is 11.3 Å². The van der Waals surface area contributed by atoms with Gasteiger partial charge in [0.25, 0.3) is 0 Å². The van der Waals surface area contributed by atoms with Gasteiger partial charge in [0.05, 0.1) is 5.69 Å². The molecule has 0 N–H and O–H groups in total. The molecular formula is C15H14N2S2. The lowest BCUT2D eigenvalue weighted by atomic mass is 10.1. The van der Waals surface area contributed by atoms with Crippen LogP contribution in [0.5, 0.6) is 0 Å². The quantitative estimate of drug-likeness (QED) is 0.764. The molecule has 2 aromatic rings. The number of hydrogen-bond donors (Lipinski definition) is 0. The van der Waals surface area contributed by atoms with Crippen LogP contribution < -0.4 is 0 Å². The molecule has 96 valence electrons. The third-order valence-corrected chi connectivity index (χ3v) is 4.80. The summed E-state index contributed by atoms with van der Waals surface area (Å²) in [5.74, 6) is 0. The monoisotopic (exact) mass is 286 g/mol. The third kappa shape index (κ3) is 2.60. The van der Waals surface area contributed by atoms with Crippen molar-refractivity contribution in [3.8, 4) is 0 Å². The molecule has 1 aliphatic heterocycles. The van der Waals surface area contributed by atoms with Crippen molar-refractivity contribution in [2.45, 2.75) is 0 Å². The Morgan fingerprint density at radius 2 is 1.95 bits per heavy atom. The number of aliphatic imine (C=N–C) groups is 1. The molecule has 4 heteroatoms. The van der Waals surface area contributed by atoms with Crippen LogP contribution in [0.3, 0.4) is 0 Å². The number of thiophene rings is 1. The minimum Gasteiger partial charge on any atom is -0.357 e. The van der Waals surface area contributed by atoms with Gasteiger partial charge in [-0.2, -0.15) is 0 Å². The molecule has 1 aromatic carbocycles. The van der Waals surface area contributed by atoms with E-state index < -0.39 is 0 Å². The molecule has 0 spiro atoms. The standard InChI is InChI=1S/C15H14N2S2/c1-17(2)15-16-13-8-4-3-7-12(13)14(19-15)10-11-6-5-9-18-11/h3-10H,1-2H3. The van der Waals surface area contributed by atoms with E-state index in [0.29, 0.717) is 0 Å². The van der Waals surface area contributed by atoms with Gasteiger partial charge in [0, 0.05) is 29.4 Å². The molecule has 0 atom stereocenters. The predicted molar refractivity (Wildman–Crippen MR) is 87.0 cm³/mol. The van der Waals surface area contributed by atoms with Crippen LogP contribution in [0.25, 0.3) is 11.0 Å². The summed E-state index contributed by atoms with van der Waals surface area (Å²) in [6, 6.07) is 12.5. The summed E-state index contributed by atoms with van der Waals surface area (Å²) in [4.78, 5) is 9.29. The van der Waals surface area contributed by atoms with Gasteiger partial charge < -0.3 is 4.90 Å². The molecule has 0 saturated heterocycles. The van der Waals surface area contributed by atoms with E-state index in [1.807, 2.05) is 20.2 Å². The van der Waals surface area contributed by atoms with Crippen LogP contribution >= 0.6 is 23.1 Å². The fraction of sp³-hybridized carbons (Fsp3) is 0.133. The van der Waals surface area contributed by atoms with E-state index >= 15 is 0 Å². The Kier molecular flexibility index (Phi) is 3.44. The Hall–Kier alpha value is -1.52. The summed E-state index contributed by atoms with van der Waals surface area (Å²) in [6.45, 7) is 0. The number of nitrogens with zero attached hydrogens (tertiary/aromatic N) is 2.